The van der Waals surface area contributed by atoms with Gasteiger partial charge in [-0.15, -0.1) is 11.8 Å². The Bertz CT molecular complexity index is 72.4. The lowest BCUT2D eigenvalue weighted by Gasteiger charge is -2.27. The second kappa shape index (κ2) is 3.24. The number of halogens is 1. The van der Waals surface area contributed by atoms with Crippen molar-refractivity contribution in [2.24, 2.45) is 0 Å². The van der Waals surface area contributed by atoms with Crippen LogP contribution in [0.3, 0.4) is 0 Å². The monoisotopic (exact) mass is 244 g/mol. The fraction of sp³-hybridized carbons (Fsp3) is 1.00. The molecule has 1 saturated heterocycles. The average molecular weight is 244 g/mol. The molecule has 0 aromatic rings. The molecule has 0 aromatic heterocycles. The van der Waals surface area contributed by atoms with E-state index in [1.165, 1.54) is 11.8 Å². The molecule has 0 aliphatic carbocycles. The van der Waals surface area contributed by atoms with Gasteiger partial charge in [-0.1, -0.05) is 0 Å². The van der Waals surface area contributed by atoms with Gasteiger partial charge in [0.05, 0.1) is 12.5 Å². The van der Waals surface area contributed by atoms with Crippen LogP contribution in [-0.2, 0) is 0 Å². The molecule has 4 heteroatoms. The van der Waals surface area contributed by atoms with Crippen molar-refractivity contribution in [3.8, 4) is 0 Å². The summed E-state index contributed by atoms with van der Waals surface area (Å²) in [4.78, 5) is 2.29. The van der Waals surface area contributed by atoms with Crippen LogP contribution in [0.1, 0.15) is 0 Å². The molecule has 1 heterocycles. The van der Waals surface area contributed by atoms with Crippen molar-refractivity contribution >= 4 is 34.6 Å². The van der Waals surface area contributed by atoms with E-state index >= 15 is 0 Å². The number of hydrogen-bond acceptors (Lipinski definition) is 3. The molecule has 0 saturated carbocycles. The molecule has 0 N–H and O–H groups in total. The van der Waals surface area contributed by atoms with E-state index in [1.54, 1.807) is 0 Å². The Balaban J connectivity index is 2.23. The summed E-state index contributed by atoms with van der Waals surface area (Å²) >= 11 is 4.30. The van der Waals surface area contributed by atoms with Crippen molar-refractivity contribution in [1.82, 2.24) is 8.01 Å². The van der Waals surface area contributed by atoms with Crippen molar-refractivity contribution in [2.45, 2.75) is 0 Å². The van der Waals surface area contributed by atoms with Gasteiger partial charge in [0.15, 0.2) is 0 Å². The molecular weight excluding hydrogens is 235 g/mol. The van der Waals surface area contributed by atoms with Gasteiger partial charge in [0, 0.05) is 28.7 Å². The minimum atomic E-state index is 1.10. The maximum atomic E-state index is 2.34. The summed E-state index contributed by atoms with van der Waals surface area (Å²) in [6, 6.07) is 0. The van der Waals surface area contributed by atoms with E-state index in [4.69, 9.17) is 0 Å². The highest BCUT2D eigenvalue weighted by Crippen LogP contribution is 2.15. The highest BCUT2D eigenvalue weighted by atomic mass is 127. The summed E-state index contributed by atoms with van der Waals surface area (Å²) in [7, 11) is 2.14. The van der Waals surface area contributed by atoms with Gasteiger partial charge in [0.25, 0.3) is 0 Å². The van der Waals surface area contributed by atoms with Crippen LogP contribution in [0.4, 0.5) is 0 Å². The van der Waals surface area contributed by atoms with Crippen molar-refractivity contribution in [2.75, 3.05) is 25.5 Å². The Hall–Kier alpha value is 1.00. The number of hydrogen-bond donors (Lipinski definition) is 0. The van der Waals surface area contributed by atoms with Crippen LogP contribution in [0.2, 0.25) is 0 Å². The lowest BCUT2D eigenvalue weighted by Crippen LogP contribution is -2.33. The Labute approximate surface area is 68.1 Å². The second-order valence-corrected chi connectivity index (χ2v) is 4.21. The van der Waals surface area contributed by atoms with Crippen LogP contribution < -0.4 is 0 Å². The molecule has 0 bridgehead atoms. The first-order valence-electron chi connectivity index (χ1n) is 2.46. The summed E-state index contributed by atoms with van der Waals surface area (Å²) in [5.41, 5.74) is 0. The molecule has 8 heavy (non-hydrogen) atoms. The third-order valence-corrected chi connectivity index (χ3v) is 3.16. The van der Waals surface area contributed by atoms with Crippen LogP contribution in [0, 0.1) is 0 Å². The van der Waals surface area contributed by atoms with Gasteiger partial charge >= 0.3 is 0 Å². The molecule has 0 spiro atoms. The summed E-state index contributed by atoms with van der Waals surface area (Å²) in [6.45, 7) is 1.10. The quantitative estimate of drug-likeness (QED) is 0.467. The Morgan fingerprint density at radius 2 is 2.25 bits per heavy atom. The van der Waals surface area contributed by atoms with Crippen LogP contribution in [-0.4, -0.2) is 33.5 Å². The van der Waals surface area contributed by atoms with Crippen molar-refractivity contribution in [3.05, 3.63) is 0 Å². The normalized spacial score (nSPS) is 26.2. The van der Waals surface area contributed by atoms with Gasteiger partial charge in [-0.05, 0) is 7.05 Å². The highest BCUT2D eigenvalue weighted by Gasteiger charge is 2.10. The predicted octanol–water partition coefficient (Wildman–Crippen LogP) is 1.19. The molecule has 0 radical (unpaired) electrons. The van der Waals surface area contributed by atoms with E-state index in [2.05, 4.69) is 37.9 Å². The fourth-order valence-electron chi connectivity index (χ4n) is 0.639. The third-order valence-electron chi connectivity index (χ3n) is 0.938. The molecule has 1 aliphatic heterocycles. The predicted molar refractivity (Wildman–Crippen MR) is 45.8 cm³/mol. The Morgan fingerprint density at radius 1 is 1.50 bits per heavy atom. The van der Waals surface area contributed by atoms with Gasteiger partial charge in [-0.25, -0.2) is 3.11 Å². The third kappa shape index (κ3) is 2.08. The van der Waals surface area contributed by atoms with Crippen LogP contribution >= 0.6 is 34.6 Å². The molecule has 0 amide bonds. The molecule has 0 atom stereocenters. The van der Waals surface area contributed by atoms with Gasteiger partial charge < -0.3 is 0 Å². The van der Waals surface area contributed by atoms with Crippen LogP contribution in [0.15, 0.2) is 0 Å². The first-order valence-corrected chi connectivity index (χ1v) is 4.58. The number of nitrogens with zero attached hydrogens (tertiary/aromatic N) is 2. The molecule has 1 fully saturated rings. The highest BCUT2D eigenvalue weighted by molar-refractivity contribution is 14.1. The van der Waals surface area contributed by atoms with E-state index in [0.29, 0.717) is 0 Å². The van der Waals surface area contributed by atoms with E-state index in [1.807, 2.05) is 11.8 Å². The second-order valence-electron chi connectivity index (χ2n) is 1.92. The summed E-state index contributed by atoms with van der Waals surface area (Å²) in [6.07, 6.45) is 0. The number of rotatable bonds is 0. The van der Waals surface area contributed by atoms with Gasteiger partial charge in [-0.2, -0.15) is 0 Å². The van der Waals surface area contributed by atoms with Gasteiger partial charge in [-0.3, -0.25) is 4.90 Å². The smallest absolute Gasteiger partial charge is 0.0612 e. The van der Waals surface area contributed by atoms with E-state index in [9.17, 15) is 0 Å². The minimum Gasteiger partial charge on any atom is -0.284 e. The SMILES string of the molecule is CN1CSCN(I)C1. The topological polar surface area (TPSA) is 6.48 Å². The number of thioether (sulfide) groups is 1. The summed E-state index contributed by atoms with van der Waals surface area (Å²) in [5.74, 6) is 2.35. The average Bonchev–Trinajstić information content (AvgIpc) is 1.64. The zero-order chi connectivity index (χ0) is 5.98. The molecule has 2 nitrogen and oxygen atoms in total. The molecule has 1 aliphatic rings. The van der Waals surface area contributed by atoms with Crippen molar-refractivity contribution in [3.63, 3.8) is 0 Å². The minimum absolute atomic E-state index is 1.10. The molecule has 0 aromatic carbocycles. The summed E-state index contributed by atoms with van der Waals surface area (Å²) < 4.78 is 2.27. The van der Waals surface area contributed by atoms with Crippen LogP contribution in [0.25, 0.3) is 0 Å². The Morgan fingerprint density at radius 3 is 2.62 bits per heavy atom. The lowest BCUT2D eigenvalue weighted by molar-refractivity contribution is 0.297. The fourth-order valence-corrected chi connectivity index (χ4v) is 2.51. The van der Waals surface area contributed by atoms with E-state index in [-0.39, 0.29) is 0 Å². The Kier molecular flexibility index (Phi) is 2.88. The molecular formula is C4H9IN2S. The van der Waals surface area contributed by atoms with Gasteiger partial charge in [0.2, 0.25) is 0 Å². The van der Waals surface area contributed by atoms with E-state index in [0.717, 1.165) is 6.67 Å². The first kappa shape index (κ1) is 7.11. The van der Waals surface area contributed by atoms with Gasteiger partial charge in [0.1, 0.15) is 0 Å². The molecule has 48 valence electrons. The van der Waals surface area contributed by atoms with Crippen molar-refractivity contribution < 1.29 is 0 Å². The summed E-state index contributed by atoms with van der Waals surface area (Å²) in [5, 5.41) is 0. The standard InChI is InChI=1S/C4H9IN2S/c1-6-2-7(5)4-8-3-6/h2-4H2,1H3. The zero-order valence-corrected chi connectivity index (χ0v) is 7.78. The van der Waals surface area contributed by atoms with Crippen LogP contribution in [0.5, 0.6) is 0 Å². The first-order chi connectivity index (χ1) is 3.79. The lowest BCUT2D eigenvalue weighted by atomic mass is 10.8. The maximum absolute atomic E-state index is 2.34. The largest absolute Gasteiger partial charge is 0.284 e. The zero-order valence-electron chi connectivity index (χ0n) is 4.80. The maximum Gasteiger partial charge on any atom is 0.0612 e. The molecule has 1 rings (SSSR count). The van der Waals surface area contributed by atoms with Crippen molar-refractivity contribution in [1.29, 1.82) is 0 Å². The van der Waals surface area contributed by atoms with E-state index < -0.39 is 0 Å². The molecule has 0 unspecified atom stereocenters.